The zero-order valence-electron chi connectivity index (χ0n) is 12.0. The molecule has 106 valence electrons. The highest BCUT2D eigenvalue weighted by molar-refractivity contribution is 5.30. The molecule has 2 rings (SSSR count). The second kappa shape index (κ2) is 5.57. The number of aryl methyl sites for hydroxylation is 2. The predicted molar refractivity (Wildman–Crippen MR) is 72.5 cm³/mol. The Kier molecular flexibility index (Phi) is 4.23. The van der Waals surface area contributed by atoms with Crippen LogP contribution in [0.5, 0.6) is 0 Å². The van der Waals surface area contributed by atoms with Crippen LogP contribution in [0.2, 0.25) is 0 Å². The molecule has 0 radical (unpaired) electrons. The summed E-state index contributed by atoms with van der Waals surface area (Å²) in [5.74, 6) is -0.601. The van der Waals surface area contributed by atoms with E-state index in [4.69, 9.17) is 9.47 Å². The van der Waals surface area contributed by atoms with Crippen molar-refractivity contribution in [1.82, 2.24) is 5.32 Å². The molecule has 1 aliphatic heterocycles. The molecule has 1 fully saturated rings. The minimum absolute atomic E-state index is 0.116. The molecular weight excluding hydrogens is 245 g/mol. The van der Waals surface area contributed by atoms with E-state index in [1.807, 2.05) is 26.0 Å². The third-order valence-electron chi connectivity index (χ3n) is 3.36. The Morgan fingerprint density at radius 2 is 1.74 bits per heavy atom. The van der Waals surface area contributed by atoms with Gasteiger partial charge in [-0.3, -0.25) is 0 Å². The molecule has 0 aliphatic carbocycles. The summed E-state index contributed by atoms with van der Waals surface area (Å²) >= 11 is 0. The summed E-state index contributed by atoms with van der Waals surface area (Å²) in [6, 6.07) is 3.94. The van der Waals surface area contributed by atoms with E-state index in [9.17, 15) is 4.39 Å². The van der Waals surface area contributed by atoms with Crippen LogP contribution in [0.3, 0.4) is 0 Å². The van der Waals surface area contributed by atoms with E-state index >= 15 is 0 Å². The summed E-state index contributed by atoms with van der Waals surface area (Å²) in [5, 5.41) is 3.38. The average molecular weight is 267 g/mol. The maximum atomic E-state index is 13.5. The highest BCUT2D eigenvalue weighted by atomic mass is 19.1. The van der Waals surface area contributed by atoms with Gasteiger partial charge in [-0.1, -0.05) is 12.1 Å². The number of rotatable bonds is 3. The Bertz CT molecular complexity index is 426. The van der Waals surface area contributed by atoms with Crippen molar-refractivity contribution in [2.24, 2.45) is 0 Å². The summed E-state index contributed by atoms with van der Waals surface area (Å²) in [4.78, 5) is 0. The third-order valence-corrected chi connectivity index (χ3v) is 3.36. The topological polar surface area (TPSA) is 30.5 Å². The first-order chi connectivity index (χ1) is 8.87. The first-order valence-corrected chi connectivity index (χ1v) is 6.64. The Balaban J connectivity index is 1.90. The molecule has 0 aromatic heterocycles. The van der Waals surface area contributed by atoms with Gasteiger partial charge in [-0.05, 0) is 44.4 Å². The maximum Gasteiger partial charge on any atom is 0.162 e. The second-order valence-electron chi connectivity index (χ2n) is 5.64. The van der Waals surface area contributed by atoms with Gasteiger partial charge in [0.05, 0.1) is 19.3 Å². The zero-order valence-corrected chi connectivity index (χ0v) is 12.0. The third kappa shape index (κ3) is 3.75. The molecule has 0 saturated carbocycles. The van der Waals surface area contributed by atoms with Gasteiger partial charge in [0.1, 0.15) is 5.82 Å². The molecule has 0 atom stereocenters. The molecule has 1 aromatic rings. The molecule has 0 unspecified atom stereocenters. The van der Waals surface area contributed by atoms with Crippen molar-refractivity contribution in [3.63, 3.8) is 0 Å². The first kappa shape index (κ1) is 14.4. The number of hydrogen-bond acceptors (Lipinski definition) is 3. The number of nitrogens with one attached hydrogen (secondary N) is 1. The van der Waals surface area contributed by atoms with Gasteiger partial charge in [0.15, 0.2) is 5.79 Å². The molecule has 1 heterocycles. The summed E-state index contributed by atoms with van der Waals surface area (Å²) in [5.41, 5.74) is 2.46. The van der Waals surface area contributed by atoms with E-state index in [-0.39, 0.29) is 11.9 Å². The van der Waals surface area contributed by atoms with Crippen molar-refractivity contribution in [2.75, 3.05) is 13.2 Å². The molecule has 1 N–H and O–H groups in total. The van der Waals surface area contributed by atoms with E-state index < -0.39 is 5.79 Å². The number of benzene rings is 1. The highest BCUT2D eigenvalue weighted by Crippen LogP contribution is 2.18. The predicted octanol–water partition coefficient (Wildman–Crippen LogP) is 2.68. The molecular formula is C15H22FNO2. The van der Waals surface area contributed by atoms with Gasteiger partial charge in [-0.25, -0.2) is 4.39 Å². The van der Waals surface area contributed by atoms with Gasteiger partial charge in [0.2, 0.25) is 0 Å². The first-order valence-electron chi connectivity index (χ1n) is 6.64. The van der Waals surface area contributed by atoms with Crippen molar-refractivity contribution in [2.45, 2.75) is 46.1 Å². The molecule has 0 spiro atoms. The number of halogens is 1. The summed E-state index contributed by atoms with van der Waals surface area (Å²) in [6.07, 6.45) is 0. The smallest absolute Gasteiger partial charge is 0.162 e. The molecule has 1 saturated heterocycles. The monoisotopic (exact) mass is 267 g/mol. The lowest BCUT2D eigenvalue weighted by Gasteiger charge is -2.35. The van der Waals surface area contributed by atoms with E-state index in [2.05, 4.69) is 5.32 Å². The fourth-order valence-corrected chi connectivity index (χ4v) is 2.21. The van der Waals surface area contributed by atoms with Crippen molar-refractivity contribution in [1.29, 1.82) is 0 Å². The summed E-state index contributed by atoms with van der Waals surface area (Å²) in [6.45, 7) is 9.37. The molecule has 0 bridgehead atoms. The van der Waals surface area contributed by atoms with E-state index in [1.165, 1.54) is 0 Å². The molecule has 4 heteroatoms. The Labute approximate surface area is 114 Å². The van der Waals surface area contributed by atoms with Crippen LogP contribution in [-0.2, 0) is 16.0 Å². The van der Waals surface area contributed by atoms with Crippen LogP contribution >= 0.6 is 0 Å². The van der Waals surface area contributed by atoms with Crippen LogP contribution in [0.4, 0.5) is 4.39 Å². The Hall–Kier alpha value is -0.970. The van der Waals surface area contributed by atoms with Gasteiger partial charge in [0.25, 0.3) is 0 Å². The van der Waals surface area contributed by atoms with Crippen molar-refractivity contribution in [3.8, 4) is 0 Å². The SMILES string of the molecule is Cc1cc(CNC2COC(C)(C)OC2)cc(C)c1F. The van der Waals surface area contributed by atoms with Gasteiger partial charge in [-0.2, -0.15) is 0 Å². The van der Waals surface area contributed by atoms with Crippen LogP contribution < -0.4 is 5.32 Å². The van der Waals surface area contributed by atoms with Gasteiger partial charge >= 0.3 is 0 Å². The molecule has 1 aliphatic rings. The van der Waals surface area contributed by atoms with Crippen molar-refractivity contribution in [3.05, 3.63) is 34.6 Å². The summed E-state index contributed by atoms with van der Waals surface area (Å²) in [7, 11) is 0. The molecule has 1 aromatic carbocycles. The normalized spacial score (nSPS) is 19.6. The summed E-state index contributed by atoms with van der Waals surface area (Å²) < 4.78 is 24.7. The van der Waals surface area contributed by atoms with Gasteiger partial charge in [0, 0.05) is 6.54 Å². The van der Waals surface area contributed by atoms with Crippen LogP contribution in [0, 0.1) is 19.7 Å². The zero-order chi connectivity index (χ0) is 14.0. The average Bonchev–Trinajstić information content (AvgIpc) is 2.34. The van der Waals surface area contributed by atoms with Crippen molar-refractivity contribution < 1.29 is 13.9 Å². The Morgan fingerprint density at radius 1 is 1.21 bits per heavy atom. The standard InChI is InChI=1S/C15H22FNO2/c1-10-5-12(6-11(2)14(10)16)7-17-13-8-18-15(3,4)19-9-13/h5-6,13,17H,7-9H2,1-4H3. The lowest BCUT2D eigenvalue weighted by atomic mass is 10.1. The van der Waals surface area contributed by atoms with E-state index in [1.54, 1.807) is 13.8 Å². The van der Waals surface area contributed by atoms with Crippen LogP contribution in [0.1, 0.15) is 30.5 Å². The van der Waals surface area contributed by atoms with Gasteiger partial charge in [-0.15, -0.1) is 0 Å². The molecule has 3 nitrogen and oxygen atoms in total. The number of hydrogen-bond donors (Lipinski definition) is 1. The highest BCUT2D eigenvalue weighted by Gasteiger charge is 2.27. The maximum absolute atomic E-state index is 13.5. The minimum Gasteiger partial charge on any atom is -0.349 e. The fraction of sp³-hybridized carbons (Fsp3) is 0.600. The van der Waals surface area contributed by atoms with E-state index in [0.717, 1.165) is 5.56 Å². The lowest BCUT2D eigenvalue weighted by molar-refractivity contribution is -0.253. The molecule has 19 heavy (non-hydrogen) atoms. The second-order valence-corrected chi connectivity index (χ2v) is 5.64. The Morgan fingerprint density at radius 3 is 2.26 bits per heavy atom. The minimum atomic E-state index is -0.485. The number of ether oxygens (including phenoxy) is 2. The quantitative estimate of drug-likeness (QED) is 0.913. The van der Waals surface area contributed by atoms with Gasteiger partial charge < -0.3 is 14.8 Å². The largest absolute Gasteiger partial charge is 0.349 e. The molecule has 0 amide bonds. The fourth-order valence-electron chi connectivity index (χ4n) is 2.21. The van der Waals surface area contributed by atoms with E-state index in [0.29, 0.717) is 30.9 Å². The van der Waals surface area contributed by atoms with Crippen LogP contribution in [0.25, 0.3) is 0 Å². The van der Waals surface area contributed by atoms with Crippen LogP contribution in [0.15, 0.2) is 12.1 Å². The lowest BCUT2D eigenvalue weighted by Crippen LogP contribution is -2.48. The van der Waals surface area contributed by atoms with Crippen LogP contribution in [-0.4, -0.2) is 25.0 Å². The van der Waals surface area contributed by atoms with Crippen molar-refractivity contribution >= 4 is 0 Å².